The summed E-state index contributed by atoms with van der Waals surface area (Å²) in [7, 11) is 1.56. The molecule has 3 N–H and O–H groups in total. The predicted octanol–water partition coefficient (Wildman–Crippen LogP) is 3.54. The summed E-state index contributed by atoms with van der Waals surface area (Å²) in [6, 6.07) is -0.313. The van der Waals surface area contributed by atoms with Crippen molar-refractivity contribution in [3.05, 3.63) is 41.1 Å². The maximum Gasteiger partial charge on any atom is 0.408 e. The van der Waals surface area contributed by atoms with E-state index in [0.717, 1.165) is 6.42 Å². The second kappa shape index (κ2) is 14.9. The van der Waals surface area contributed by atoms with Crippen LogP contribution in [0.2, 0.25) is 0 Å². The van der Waals surface area contributed by atoms with Gasteiger partial charge in [-0.2, -0.15) is 18.3 Å². The van der Waals surface area contributed by atoms with Gasteiger partial charge in [0.15, 0.2) is 11.3 Å². The fourth-order valence-electron chi connectivity index (χ4n) is 4.40. The molecule has 3 amide bonds. The fourth-order valence-corrected chi connectivity index (χ4v) is 4.40. The zero-order chi connectivity index (χ0) is 32.5. The lowest BCUT2D eigenvalue weighted by atomic mass is 9.97. The minimum Gasteiger partial charge on any atom is -0.362 e. The third-order valence-electron chi connectivity index (χ3n) is 6.58. The summed E-state index contributed by atoms with van der Waals surface area (Å²) in [5.41, 5.74) is -0.358. The molecule has 44 heavy (non-hydrogen) atoms. The Bertz CT molecular complexity index is 1400. The Morgan fingerprint density at radius 2 is 1.91 bits per heavy atom. The molecule has 2 fully saturated rings. The maximum atomic E-state index is 12.8. The Balaban J connectivity index is 0.000000370. The predicted molar refractivity (Wildman–Crippen MR) is 136 cm³/mol. The molecule has 3 aromatic rings. The lowest BCUT2D eigenvalue weighted by Crippen LogP contribution is -2.38. The summed E-state index contributed by atoms with van der Waals surface area (Å²) >= 11 is 0. The summed E-state index contributed by atoms with van der Waals surface area (Å²) < 4.78 is 93.9. The van der Waals surface area contributed by atoms with Crippen LogP contribution in [0.5, 0.6) is 0 Å². The van der Waals surface area contributed by atoms with Crippen LogP contribution in [-0.2, 0) is 22.6 Å². The second-order valence-corrected chi connectivity index (χ2v) is 9.94. The number of hydrogen-bond acceptors (Lipinski definition) is 8. The number of aromatic nitrogens is 5. The summed E-state index contributed by atoms with van der Waals surface area (Å²) in [6.45, 7) is -0.147. The van der Waals surface area contributed by atoms with Crippen LogP contribution in [0.1, 0.15) is 72.4 Å². The van der Waals surface area contributed by atoms with Crippen LogP contribution in [-0.4, -0.2) is 68.3 Å². The normalized spacial score (nSPS) is 19.3. The topological polar surface area (TPSA) is 156 Å². The number of hydrogen-bond donors (Lipinski definition) is 3. The van der Waals surface area contributed by atoms with Crippen LogP contribution in [0, 0.1) is 5.92 Å². The molecule has 3 aromatic heterocycles. The van der Waals surface area contributed by atoms with Gasteiger partial charge >= 0.3 is 6.18 Å². The van der Waals surface area contributed by atoms with Crippen LogP contribution in [0.3, 0.4) is 0 Å². The average molecular weight is 639 g/mol. The van der Waals surface area contributed by atoms with E-state index >= 15 is 0 Å². The maximum absolute atomic E-state index is 12.8. The zero-order valence-electron chi connectivity index (χ0n) is 23.2. The van der Waals surface area contributed by atoms with Gasteiger partial charge in [0.1, 0.15) is 6.04 Å². The Kier molecular flexibility index (Phi) is 11.6. The first-order valence-electron chi connectivity index (χ1n) is 13.3. The molecule has 1 aliphatic heterocycles. The lowest BCUT2D eigenvalue weighted by molar-refractivity contribution is -0.154. The molecule has 1 unspecified atom stereocenters. The van der Waals surface area contributed by atoms with Gasteiger partial charge in [-0.1, -0.05) is 6.42 Å². The van der Waals surface area contributed by atoms with Crippen LogP contribution < -0.4 is 16.0 Å². The molecule has 0 aromatic carbocycles. The van der Waals surface area contributed by atoms with Crippen molar-refractivity contribution in [2.75, 3.05) is 7.05 Å². The number of carbonyl (C=O) groups excluding carboxylic acids is 3. The van der Waals surface area contributed by atoms with Crippen molar-refractivity contribution in [1.29, 1.82) is 0 Å². The highest BCUT2D eigenvalue weighted by Crippen LogP contribution is 2.33. The number of fused-ring (bicyclic) bond motifs is 1. The minimum atomic E-state index is -4.51. The average Bonchev–Trinajstić information content (AvgIpc) is 3.70. The van der Waals surface area contributed by atoms with Crippen LogP contribution >= 0.6 is 0 Å². The van der Waals surface area contributed by atoms with E-state index in [4.69, 9.17) is 4.79 Å². The summed E-state index contributed by atoms with van der Waals surface area (Å²) in [5.74, 6) is -4.78. The first-order valence-corrected chi connectivity index (χ1v) is 13.3. The number of halogens is 7. The molecular formula is C25H29F7N8O4. The molecule has 242 valence electrons. The molecule has 1 aliphatic carbocycles. The van der Waals surface area contributed by atoms with E-state index in [9.17, 15) is 40.3 Å². The highest BCUT2D eigenvalue weighted by molar-refractivity contribution is 5.93. The van der Waals surface area contributed by atoms with E-state index in [0.29, 0.717) is 36.2 Å². The van der Waals surface area contributed by atoms with Crippen molar-refractivity contribution in [3.63, 3.8) is 0 Å². The Hall–Kier alpha value is -4.32. The van der Waals surface area contributed by atoms with Gasteiger partial charge in [0, 0.05) is 25.8 Å². The van der Waals surface area contributed by atoms with E-state index in [-0.39, 0.29) is 32.2 Å². The van der Waals surface area contributed by atoms with E-state index in [2.05, 4.69) is 35.7 Å². The molecule has 4 heterocycles. The molecular weight excluding hydrogens is 609 g/mol. The van der Waals surface area contributed by atoms with Crippen LogP contribution in [0.4, 0.5) is 30.7 Å². The van der Waals surface area contributed by atoms with Gasteiger partial charge in [-0.25, -0.2) is 31.7 Å². The van der Waals surface area contributed by atoms with Crippen LogP contribution in [0.15, 0.2) is 23.1 Å². The van der Waals surface area contributed by atoms with E-state index in [1.165, 1.54) is 16.9 Å². The largest absolute Gasteiger partial charge is 0.408 e. The summed E-state index contributed by atoms with van der Waals surface area (Å²) in [4.78, 5) is 37.2. The van der Waals surface area contributed by atoms with E-state index in [1.54, 1.807) is 13.1 Å². The molecule has 2 aliphatic rings. The molecule has 0 bridgehead atoms. The van der Waals surface area contributed by atoms with Crippen molar-refractivity contribution < 1.29 is 49.7 Å². The number of carbonyl (C=O) groups is 3. The molecule has 12 nitrogen and oxygen atoms in total. The molecule has 1 saturated heterocycles. The van der Waals surface area contributed by atoms with Crippen molar-refractivity contribution in [1.82, 2.24) is 40.9 Å². The van der Waals surface area contributed by atoms with Crippen LogP contribution in [0.25, 0.3) is 5.65 Å². The van der Waals surface area contributed by atoms with E-state index in [1.807, 2.05) is 5.32 Å². The first-order chi connectivity index (χ1) is 20.7. The van der Waals surface area contributed by atoms with Gasteiger partial charge in [0.25, 0.3) is 12.3 Å². The Morgan fingerprint density at radius 3 is 2.45 bits per heavy atom. The number of nitrogens with zero attached hydrogens (tertiary/aromatic N) is 5. The molecule has 2 atom stereocenters. The SMILES string of the molecule is CNC=O.FC1(F)CCCCC1.O=C(NCc1cn2ncc(C[C@H]3CC(C(F)(F)F)NC3=O)cc2n1)c1nonc1C(F)F. The van der Waals surface area contributed by atoms with Crippen molar-refractivity contribution in [3.8, 4) is 0 Å². The summed E-state index contributed by atoms with van der Waals surface area (Å²) in [5, 5.41) is 16.8. The van der Waals surface area contributed by atoms with Gasteiger partial charge in [0.05, 0.1) is 24.6 Å². The lowest BCUT2D eigenvalue weighted by Gasteiger charge is -2.20. The van der Waals surface area contributed by atoms with Gasteiger partial charge in [-0.15, -0.1) is 0 Å². The zero-order valence-corrected chi connectivity index (χ0v) is 23.2. The molecule has 19 heteroatoms. The standard InChI is InChI=1S/C17H14F5N7O3.C6H10F2.C2H5NO/c18-14(19)12-13(28-32-27-12)16(31)23-5-9-6-29-11(25-9)2-7(4-24-29)1-8-3-10(17(20,21)22)26-15(8)30;7-6(8)4-2-1-3-5-6;1-3-2-4/h2,4,6,8,10,14H,1,3,5H2,(H,23,31)(H,26,30);1-5H2;2H,1H3,(H,3,4)/t8-,10?;;/m0../s1. The fraction of sp³-hybridized carbons (Fsp3) is 0.560. The number of alkyl halides is 7. The quantitative estimate of drug-likeness (QED) is 0.262. The first kappa shape index (κ1) is 34.2. The minimum absolute atomic E-state index is 0.0520. The molecule has 1 saturated carbocycles. The molecule has 0 radical (unpaired) electrons. The van der Waals surface area contributed by atoms with Crippen molar-refractivity contribution in [2.24, 2.45) is 5.92 Å². The Labute approximate surface area is 245 Å². The number of nitrogens with one attached hydrogen (secondary N) is 3. The smallest absolute Gasteiger partial charge is 0.362 e. The monoisotopic (exact) mass is 638 g/mol. The Morgan fingerprint density at radius 1 is 1.23 bits per heavy atom. The third-order valence-corrected chi connectivity index (χ3v) is 6.58. The summed E-state index contributed by atoms with van der Waals surface area (Å²) in [6.07, 6.45) is -1.69. The molecule has 0 spiro atoms. The van der Waals surface area contributed by atoms with Gasteiger partial charge in [0.2, 0.25) is 23.9 Å². The number of amides is 3. The van der Waals surface area contributed by atoms with Crippen molar-refractivity contribution >= 4 is 23.9 Å². The molecule has 5 rings (SSSR count). The van der Waals surface area contributed by atoms with Gasteiger partial charge < -0.3 is 16.0 Å². The van der Waals surface area contributed by atoms with Gasteiger partial charge in [-0.05, 0) is 47.6 Å². The second-order valence-electron chi connectivity index (χ2n) is 9.94. The number of imidazole rings is 1. The highest BCUT2D eigenvalue weighted by Gasteiger charge is 2.47. The third kappa shape index (κ3) is 9.60. The van der Waals surface area contributed by atoms with Crippen molar-refractivity contribution in [2.45, 2.75) is 76.1 Å². The number of rotatable bonds is 7. The van der Waals surface area contributed by atoms with Gasteiger partial charge in [-0.3, -0.25) is 14.4 Å². The highest BCUT2D eigenvalue weighted by atomic mass is 19.4. The van der Waals surface area contributed by atoms with E-state index < -0.39 is 53.7 Å².